The van der Waals surface area contributed by atoms with Gasteiger partial charge in [0.05, 0.1) is 12.5 Å². The van der Waals surface area contributed by atoms with Gasteiger partial charge in [0.2, 0.25) is 0 Å². The third kappa shape index (κ3) is 5.21. The minimum Gasteiger partial charge on any atom is -0.481 e. The molecule has 0 saturated carbocycles. The summed E-state index contributed by atoms with van der Waals surface area (Å²) < 4.78 is 0. The monoisotopic (exact) mass is 261 g/mol. The summed E-state index contributed by atoms with van der Waals surface area (Å²) in [6, 6.07) is -2.65. The number of nitrogens with two attached hydrogens (primary N) is 3. The van der Waals surface area contributed by atoms with Gasteiger partial charge in [-0.3, -0.25) is 14.4 Å². The molecule has 0 aromatic rings. The minimum atomic E-state index is -1.40. The summed E-state index contributed by atoms with van der Waals surface area (Å²) in [7, 11) is 0. The van der Waals surface area contributed by atoms with Crippen molar-refractivity contribution < 1.29 is 24.6 Å². The highest BCUT2D eigenvalue weighted by atomic mass is 16.4. The summed E-state index contributed by atoms with van der Waals surface area (Å²) in [4.78, 5) is 33.1. The molecular formula is C10H19N3O5. The number of carbonyl (C=O) groups excluding carboxylic acids is 1. The van der Waals surface area contributed by atoms with Gasteiger partial charge in [0.15, 0.2) is 5.78 Å². The average molecular weight is 261 g/mol. The molecule has 18 heavy (non-hydrogen) atoms. The first-order chi connectivity index (χ1) is 8.31. The molecule has 0 saturated heterocycles. The number of carboxylic acid groups (broad SMARTS) is 2. The van der Waals surface area contributed by atoms with Gasteiger partial charge >= 0.3 is 11.9 Å². The van der Waals surface area contributed by atoms with E-state index in [1.807, 2.05) is 0 Å². The van der Waals surface area contributed by atoms with Gasteiger partial charge in [-0.25, -0.2) is 0 Å². The molecular weight excluding hydrogens is 242 g/mol. The van der Waals surface area contributed by atoms with Crippen LogP contribution in [0.2, 0.25) is 0 Å². The molecule has 104 valence electrons. The number of carboxylic acids is 2. The van der Waals surface area contributed by atoms with E-state index in [1.165, 1.54) is 0 Å². The number of hydrogen-bond acceptors (Lipinski definition) is 6. The van der Waals surface area contributed by atoms with Crippen LogP contribution in [0.25, 0.3) is 0 Å². The van der Waals surface area contributed by atoms with Crippen LogP contribution in [0.5, 0.6) is 0 Å². The summed E-state index contributed by atoms with van der Waals surface area (Å²) in [5.74, 6) is -4.22. The van der Waals surface area contributed by atoms with E-state index in [9.17, 15) is 14.4 Å². The second kappa shape index (κ2) is 7.75. The van der Waals surface area contributed by atoms with Crippen molar-refractivity contribution in [1.82, 2.24) is 0 Å². The zero-order valence-electron chi connectivity index (χ0n) is 9.91. The molecule has 8 N–H and O–H groups in total. The normalized spacial score (nSPS) is 15.7. The zero-order chi connectivity index (χ0) is 14.3. The Morgan fingerprint density at radius 1 is 1.11 bits per heavy atom. The van der Waals surface area contributed by atoms with Gasteiger partial charge in [-0.2, -0.15) is 0 Å². The summed E-state index contributed by atoms with van der Waals surface area (Å²) in [6.45, 7) is 0.282. The molecule has 0 spiro atoms. The van der Waals surface area contributed by atoms with Crippen LogP contribution in [0.4, 0.5) is 0 Å². The van der Waals surface area contributed by atoms with E-state index >= 15 is 0 Å². The van der Waals surface area contributed by atoms with E-state index in [0.29, 0.717) is 6.42 Å². The van der Waals surface area contributed by atoms with E-state index in [-0.39, 0.29) is 13.0 Å². The molecule has 0 bridgehead atoms. The molecule has 0 aliphatic heterocycles. The molecule has 0 rings (SSSR count). The summed E-state index contributed by atoms with van der Waals surface area (Å²) in [6.07, 6.45) is 0.0393. The largest absolute Gasteiger partial charge is 0.481 e. The minimum absolute atomic E-state index is 0.177. The van der Waals surface area contributed by atoms with E-state index in [1.54, 1.807) is 0 Å². The van der Waals surface area contributed by atoms with E-state index in [4.69, 9.17) is 27.4 Å². The second-order valence-electron chi connectivity index (χ2n) is 4.01. The molecule has 0 fully saturated rings. The Hall–Kier alpha value is -1.51. The number of Topliss-reactive ketones (excluding diaryl/α,β-unsaturated/α-hetero) is 1. The van der Waals surface area contributed by atoms with Crippen LogP contribution in [-0.4, -0.2) is 46.6 Å². The van der Waals surface area contributed by atoms with Crippen LogP contribution in [0, 0.1) is 5.92 Å². The van der Waals surface area contributed by atoms with Crippen LogP contribution in [0.15, 0.2) is 0 Å². The van der Waals surface area contributed by atoms with Crippen molar-refractivity contribution >= 4 is 17.7 Å². The average Bonchev–Trinajstić information content (AvgIpc) is 2.27. The van der Waals surface area contributed by atoms with Gasteiger partial charge in [0.1, 0.15) is 6.04 Å². The standard InChI is InChI=1S/C10H19N3O5/c11-3-1-2-5(8(13)10(17)18)9(16)6(12)4-7(14)15/h5-6,8H,1-4,11-13H2,(H,14,15)(H,17,18)/t5?,6?,8-/m0/s1. The summed E-state index contributed by atoms with van der Waals surface area (Å²) in [5, 5.41) is 17.3. The molecule has 2 unspecified atom stereocenters. The zero-order valence-corrected chi connectivity index (χ0v) is 9.91. The molecule has 0 aliphatic rings. The quantitative estimate of drug-likeness (QED) is 0.321. The van der Waals surface area contributed by atoms with Crippen molar-refractivity contribution in [2.75, 3.05) is 6.54 Å². The molecule has 8 heteroatoms. The first kappa shape index (κ1) is 16.5. The smallest absolute Gasteiger partial charge is 0.321 e. The SMILES string of the molecule is NCCCC(C(=O)C(N)CC(=O)O)[C@H](N)C(=O)O. The van der Waals surface area contributed by atoms with Gasteiger partial charge in [0, 0.05) is 5.92 Å². The van der Waals surface area contributed by atoms with Crippen molar-refractivity contribution in [2.24, 2.45) is 23.1 Å². The first-order valence-electron chi connectivity index (χ1n) is 5.50. The Bertz CT molecular complexity index is 321. The van der Waals surface area contributed by atoms with Gasteiger partial charge in [-0.05, 0) is 19.4 Å². The van der Waals surface area contributed by atoms with Crippen molar-refractivity contribution in [1.29, 1.82) is 0 Å². The van der Waals surface area contributed by atoms with Gasteiger partial charge in [-0.15, -0.1) is 0 Å². The fraction of sp³-hybridized carbons (Fsp3) is 0.700. The van der Waals surface area contributed by atoms with Gasteiger partial charge < -0.3 is 27.4 Å². The molecule has 3 atom stereocenters. The van der Waals surface area contributed by atoms with E-state index in [0.717, 1.165) is 0 Å². The Balaban J connectivity index is 4.77. The highest BCUT2D eigenvalue weighted by Gasteiger charge is 2.33. The number of ketones is 1. The van der Waals surface area contributed by atoms with Crippen LogP contribution >= 0.6 is 0 Å². The van der Waals surface area contributed by atoms with Crippen molar-refractivity contribution in [3.05, 3.63) is 0 Å². The van der Waals surface area contributed by atoms with Crippen LogP contribution < -0.4 is 17.2 Å². The molecule has 0 radical (unpaired) electrons. The maximum atomic E-state index is 11.9. The maximum Gasteiger partial charge on any atom is 0.321 e. The highest BCUT2D eigenvalue weighted by Crippen LogP contribution is 2.14. The molecule has 0 heterocycles. The van der Waals surface area contributed by atoms with Gasteiger partial charge in [0.25, 0.3) is 0 Å². The third-order valence-corrected chi connectivity index (χ3v) is 2.56. The van der Waals surface area contributed by atoms with E-state index in [2.05, 4.69) is 0 Å². The highest BCUT2D eigenvalue weighted by molar-refractivity contribution is 5.93. The van der Waals surface area contributed by atoms with E-state index < -0.39 is 42.1 Å². The lowest BCUT2D eigenvalue weighted by molar-refractivity contribution is -0.143. The lowest BCUT2D eigenvalue weighted by atomic mass is 9.86. The molecule has 0 aliphatic carbocycles. The fourth-order valence-corrected chi connectivity index (χ4v) is 1.57. The Morgan fingerprint density at radius 2 is 1.67 bits per heavy atom. The van der Waals surface area contributed by atoms with Crippen LogP contribution in [-0.2, 0) is 14.4 Å². The maximum absolute atomic E-state index is 11.9. The molecule has 0 amide bonds. The molecule has 0 aromatic carbocycles. The lowest BCUT2D eigenvalue weighted by Crippen LogP contribution is -2.48. The predicted molar refractivity (Wildman–Crippen MR) is 62.6 cm³/mol. The van der Waals surface area contributed by atoms with Gasteiger partial charge in [-0.1, -0.05) is 0 Å². The topological polar surface area (TPSA) is 170 Å². The predicted octanol–water partition coefficient (Wildman–Crippen LogP) is -1.88. The van der Waals surface area contributed by atoms with Crippen molar-refractivity contribution in [2.45, 2.75) is 31.3 Å². The fourth-order valence-electron chi connectivity index (χ4n) is 1.57. The number of aliphatic carboxylic acids is 2. The number of carbonyl (C=O) groups is 3. The van der Waals surface area contributed by atoms with Crippen molar-refractivity contribution in [3.8, 4) is 0 Å². The summed E-state index contributed by atoms with van der Waals surface area (Å²) >= 11 is 0. The molecule has 8 nitrogen and oxygen atoms in total. The Morgan fingerprint density at radius 3 is 2.06 bits per heavy atom. The number of rotatable bonds is 9. The lowest BCUT2D eigenvalue weighted by Gasteiger charge is -2.22. The van der Waals surface area contributed by atoms with Crippen LogP contribution in [0.3, 0.4) is 0 Å². The summed E-state index contributed by atoms with van der Waals surface area (Å²) in [5.41, 5.74) is 16.1. The first-order valence-corrected chi connectivity index (χ1v) is 5.50. The van der Waals surface area contributed by atoms with Crippen molar-refractivity contribution in [3.63, 3.8) is 0 Å². The Kier molecular flexibility index (Phi) is 7.10. The van der Waals surface area contributed by atoms with Crippen LogP contribution in [0.1, 0.15) is 19.3 Å². The second-order valence-corrected chi connectivity index (χ2v) is 4.01. The third-order valence-electron chi connectivity index (χ3n) is 2.56. The molecule has 0 aromatic heterocycles. The number of hydrogen-bond donors (Lipinski definition) is 5. The Labute approximate surface area is 104 Å².